The fourth-order valence-electron chi connectivity index (χ4n) is 1.58. The number of pyridine rings is 1. The molecule has 17 heavy (non-hydrogen) atoms. The van der Waals surface area contributed by atoms with Crippen LogP contribution in [-0.2, 0) is 6.54 Å². The van der Waals surface area contributed by atoms with Crippen LogP contribution in [0.1, 0.15) is 21.0 Å². The van der Waals surface area contributed by atoms with Crippen molar-refractivity contribution in [1.29, 1.82) is 5.26 Å². The van der Waals surface area contributed by atoms with Gasteiger partial charge in [-0.1, -0.05) is 0 Å². The van der Waals surface area contributed by atoms with Crippen molar-refractivity contribution in [3.63, 3.8) is 0 Å². The van der Waals surface area contributed by atoms with Crippen LogP contribution in [0.5, 0.6) is 0 Å². The van der Waals surface area contributed by atoms with Crippen molar-refractivity contribution >= 4 is 17.2 Å². The first-order chi connectivity index (χ1) is 8.17. The Morgan fingerprint density at radius 1 is 1.35 bits per heavy atom. The summed E-state index contributed by atoms with van der Waals surface area (Å²) in [5, 5.41) is 12.1. The van der Waals surface area contributed by atoms with Gasteiger partial charge in [-0.3, -0.25) is 0 Å². The van der Waals surface area contributed by atoms with Crippen molar-refractivity contribution in [2.24, 2.45) is 0 Å². The maximum absolute atomic E-state index is 8.87. The zero-order chi connectivity index (χ0) is 12.3. The van der Waals surface area contributed by atoms with Crippen LogP contribution in [0.25, 0.3) is 0 Å². The number of aryl methyl sites for hydroxylation is 2. The second-order valence-electron chi connectivity index (χ2n) is 3.86. The number of hydrogen-bond acceptors (Lipinski definition) is 4. The number of rotatable bonds is 3. The Labute approximate surface area is 105 Å². The largest absolute Gasteiger partial charge is 0.365 e. The molecule has 0 saturated heterocycles. The van der Waals surface area contributed by atoms with Crippen LogP contribution in [0.3, 0.4) is 0 Å². The van der Waals surface area contributed by atoms with Crippen LogP contribution < -0.4 is 5.32 Å². The summed E-state index contributed by atoms with van der Waals surface area (Å²) in [6.07, 6.45) is 0. The van der Waals surface area contributed by atoms with Crippen LogP contribution in [0.2, 0.25) is 0 Å². The molecule has 4 heteroatoms. The van der Waals surface area contributed by atoms with Crippen molar-refractivity contribution in [2.45, 2.75) is 20.4 Å². The maximum atomic E-state index is 8.87. The van der Waals surface area contributed by atoms with Gasteiger partial charge in [0.15, 0.2) is 0 Å². The van der Waals surface area contributed by atoms with Gasteiger partial charge >= 0.3 is 0 Å². The molecule has 2 aromatic rings. The van der Waals surface area contributed by atoms with E-state index in [0.717, 1.165) is 18.1 Å². The number of hydrogen-bond donors (Lipinski definition) is 1. The summed E-state index contributed by atoms with van der Waals surface area (Å²) in [6, 6.07) is 9.89. The number of nitriles is 1. The average Bonchev–Trinajstić information content (AvgIpc) is 2.72. The van der Waals surface area contributed by atoms with E-state index in [4.69, 9.17) is 5.26 Å². The molecule has 2 heterocycles. The Morgan fingerprint density at radius 3 is 2.82 bits per heavy atom. The molecule has 0 aromatic carbocycles. The number of thiophene rings is 1. The van der Waals surface area contributed by atoms with Gasteiger partial charge in [0.2, 0.25) is 0 Å². The van der Waals surface area contributed by atoms with E-state index in [1.807, 2.05) is 6.92 Å². The minimum absolute atomic E-state index is 0.641. The van der Waals surface area contributed by atoms with E-state index in [0.29, 0.717) is 5.56 Å². The molecule has 1 N–H and O–H groups in total. The predicted molar refractivity (Wildman–Crippen MR) is 70.1 cm³/mol. The third-order valence-electron chi connectivity index (χ3n) is 2.32. The van der Waals surface area contributed by atoms with Gasteiger partial charge in [-0.05, 0) is 38.1 Å². The summed E-state index contributed by atoms with van der Waals surface area (Å²) in [7, 11) is 0. The lowest BCUT2D eigenvalue weighted by Gasteiger charge is -2.05. The van der Waals surface area contributed by atoms with Gasteiger partial charge < -0.3 is 5.32 Å². The average molecular weight is 243 g/mol. The first kappa shape index (κ1) is 11.6. The Kier molecular flexibility index (Phi) is 3.40. The van der Waals surface area contributed by atoms with Crippen molar-refractivity contribution in [1.82, 2.24) is 4.98 Å². The van der Waals surface area contributed by atoms with Gasteiger partial charge in [0.1, 0.15) is 5.82 Å². The summed E-state index contributed by atoms with van der Waals surface area (Å²) in [5.74, 6) is 0.757. The molecule has 0 bridgehead atoms. The predicted octanol–water partition coefficient (Wildman–Crippen LogP) is 3.24. The minimum atomic E-state index is 0.641. The molecular formula is C13H13N3S. The van der Waals surface area contributed by atoms with Gasteiger partial charge in [-0.15, -0.1) is 11.3 Å². The van der Waals surface area contributed by atoms with Crippen LogP contribution in [-0.4, -0.2) is 4.98 Å². The number of aromatic nitrogens is 1. The molecule has 86 valence electrons. The Balaban J connectivity index is 2.09. The molecule has 0 fully saturated rings. The standard InChI is InChI=1S/C13H13N3S/c1-9-5-11(7-14)6-13(16-9)15-8-12-4-3-10(2)17-12/h3-6H,8H2,1-2H3,(H,15,16). The lowest BCUT2D eigenvalue weighted by molar-refractivity contribution is 1.11. The third-order valence-corrected chi connectivity index (χ3v) is 3.32. The maximum Gasteiger partial charge on any atom is 0.127 e. The zero-order valence-corrected chi connectivity index (χ0v) is 10.6. The Morgan fingerprint density at radius 2 is 2.18 bits per heavy atom. The fourth-order valence-corrected chi connectivity index (χ4v) is 2.41. The second-order valence-corrected chi connectivity index (χ2v) is 5.23. The lowest BCUT2D eigenvalue weighted by Crippen LogP contribution is -2.01. The monoisotopic (exact) mass is 243 g/mol. The highest BCUT2D eigenvalue weighted by molar-refractivity contribution is 7.11. The van der Waals surface area contributed by atoms with Crippen LogP contribution in [0, 0.1) is 25.2 Å². The smallest absolute Gasteiger partial charge is 0.127 e. The molecule has 0 aliphatic carbocycles. The van der Waals surface area contributed by atoms with Crippen LogP contribution in [0.4, 0.5) is 5.82 Å². The molecule has 0 saturated carbocycles. The lowest BCUT2D eigenvalue weighted by atomic mass is 10.2. The zero-order valence-electron chi connectivity index (χ0n) is 9.82. The molecule has 0 aliphatic rings. The van der Waals surface area contributed by atoms with Crippen molar-refractivity contribution < 1.29 is 0 Å². The molecule has 0 aliphatic heterocycles. The quantitative estimate of drug-likeness (QED) is 0.900. The minimum Gasteiger partial charge on any atom is -0.365 e. The molecule has 0 radical (unpaired) electrons. The van der Waals surface area contributed by atoms with Crippen LogP contribution in [0.15, 0.2) is 24.3 Å². The highest BCUT2D eigenvalue weighted by Crippen LogP contribution is 2.17. The molecule has 0 unspecified atom stereocenters. The third kappa shape index (κ3) is 3.05. The highest BCUT2D eigenvalue weighted by Gasteiger charge is 2.01. The molecule has 2 rings (SSSR count). The van der Waals surface area contributed by atoms with Crippen molar-refractivity contribution in [2.75, 3.05) is 5.32 Å². The summed E-state index contributed by atoms with van der Waals surface area (Å²) in [4.78, 5) is 6.92. The van der Waals surface area contributed by atoms with E-state index in [2.05, 4.69) is 35.4 Å². The summed E-state index contributed by atoms with van der Waals surface area (Å²) in [6.45, 7) is 4.73. The van der Waals surface area contributed by atoms with Gasteiger partial charge in [0.05, 0.1) is 18.2 Å². The van der Waals surface area contributed by atoms with Gasteiger partial charge in [-0.25, -0.2) is 4.98 Å². The summed E-state index contributed by atoms with van der Waals surface area (Å²) >= 11 is 1.77. The molecule has 0 atom stereocenters. The molecule has 3 nitrogen and oxygen atoms in total. The molecule has 0 spiro atoms. The van der Waals surface area contributed by atoms with Crippen molar-refractivity contribution in [3.05, 3.63) is 45.3 Å². The SMILES string of the molecule is Cc1cc(C#N)cc(NCc2ccc(C)s2)n1. The van der Waals surface area contributed by atoms with E-state index < -0.39 is 0 Å². The fraction of sp³-hybridized carbons (Fsp3) is 0.231. The van der Waals surface area contributed by atoms with E-state index in [-0.39, 0.29) is 0 Å². The van der Waals surface area contributed by atoms with Crippen LogP contribution >= 0.6 is 11.3 Å². The van der Waals surface area contributed by atoms with E-state index in [1.54, 1.807) is 23.5 Å². The van der Waals surface area contributed by atoms with E-state index in [1.165, 1.54) is 9.75 Å². The molecule has 0 amide bonds. The summed E-state index contributed by atoms with van der Waals surface area (Å²) in [5.41, 5.74) is 1.50. The van der Waals surface area contributed by atoms with E-state index >= 15 is 0 Å². The Bertz CT molecular complexity index is 566. The molecular weight excluding hydrogens is 230 g/mol. The molecule has 2 aromatic heterocycles. The number of nitrogens with one attached hydrogen (secondary N) is 1. The second kappa shape index (κ2) is 4.98. The first-order valence-electron chi connectivity index (χ1n) is 5.35. The number of nitrogens with zero attached hydrogens (tertiary/aromatic N) is 2. The van der Waals surface area contributed by atoms with Gasteiger partial charge in [0, 0.05) is 15.4 Å². The number of anilines is 1. The van der Waals surface area contributed by atoms with Gasteiger partial charge in [-0.2, -0.15) is 5.26 Å². The van der Waals surface area contributed by atoms with Gasteiger partial charge in [0.25, 0.3) is 0 Å². The normalized spacial score (nSPS) is 9.94. The van der Waals surface area contributed by atoms with Crippen molar-refractivity contribution in [3.8, 4) is 6.07 Å². The Hall–Kier alpha value is -1.86. The van der Waals surface area contributed by atoms with E-state index in [9.17, 15) is 0 Å². The summed E-state index contributed by atoms with van der Waals surface area (Å²) < 4.78 is 0. The highest BCUT2D eigenvalue weighted by atomic mass is 32.1. The first-order valence-corrected chi connectivity index (χ1v) is 6.17. The topological polar surface area (TPSA) is 48.7 Å².